The van der Waals surface area contributed by atoms with E-state index in [1.807, 2.05) is 37.4 Å². The van der Waals surface area contributed by atoms with Gasteiger partial charge < -0.3 is 5.73 Å². The average molecular weight is 329 g/mol. The van der Waals surface area contributed by atoms with E-state index in [9.17, 15) is 0 Å². The van der Waals surface area contributed by atoms with Gasteiger partial charge in [-0.3, -0.25) is 10.1 Å². The highest BCUT2D eigenvalue weighted by atomic mass is 79.9. The molecule has 5 heteroatoms. The molecule has 0 aliphatic rings. The molecule has 0 amide bonds. The van der Waals surface area contributed by atoms with Gasteiger partial charge in [-0.15, -0.1) is 0 Å². The smallest absolute Gasteiger partial charge is 0.153 e. The first-order chi connectivity index (χ1) is 9.66. The van der Waals surface area contributed by atoms with Gasteiger partial charge >= 0.3 is 0 Å². The first-order valence-corrected chi connectivity index (χ1v) is 6.97. The predicted molar refractivity (Wildman–Crippen MR) is 84.1 cm³/mol. The largest absolute Gasteiger partial charge is 0.382 e. The number of pyridine rings is 1. The second-order valence-corrected chi connectivity index (χ2v) is 5.44. The maximum atomic E-state index is 6.03. The van der Waals surface area contributed by atoms with Gasteiger partial charge in [0, 0.05) is 28.0 Å². The highest BCUT2D eigenvalue weighted by Gasteiger charge is 2.16. The Labute approximate surface area is 125 Å². The fourth-order valence-corrected chi connectivity index (χ4v) is 2.68. The van der Waals surface area contributed by atoms with Crippen molar-refractivity contribution in [3.05, 3.63) is 52.8 Å². The molecule has 2 heterocycles. The Morgan fingerprint density at radius 2 is 2.00 bits per heavy atom. The zero-order chi connectivity index (χ0) is 14.1. The lowest BCUT2D eigenvalue weighted by molar-refractivity contribution is 1.10. The molecule has 0 spiro atoms. The van der Waals surface area contributed by atoms with E-state index in [0.29, 0.717) is 5.82 Å². The van der Waals surface area contributed by atoms with Gasteiger partial charge in [-0.2, -0.15) is 5.10 Å². The molecule has 3 rings (SSSR count). The van der Waals surface area contributed by atoms with Gasteiger partial charge in [0.2, 0.25) is 0 Å². The summed E-state index contributed by atoms with van der Waals surface area (Å²) in [7, 11) is 0. The van der Waals surface area contributed by atoms with Crippen molar-refractivity contribution in [2.45, 2.75) is 6.92 Å². The minimum Gasteiger partial charge on any atom is -0.382 e. The first kappa shape index (κ1) is 12.9. The molecule has 0 radical (unpaired) electrons. The number of nitrogens with zero attached hydrogens (tertiary/aromatic N) is 2. The van der Waals surface area contributed by atoms with E-state index in [1.165, 1.54) is 0 Å². The summed E-state index contributed by atoms with van der Waals surface area (Å²) in [6, 6.07) is 10.0. The zero-order valence-electron chi connectivity index (χ0n) is 10.9. The summed E-state index contributed by atoms with van der Waals surface area (Å²) in [6.07, 6.45) is 3.63. The number of benzene rings is 1. The lowest BCUT2D eigenvalue weighted by Crippen LogP contribution is -1.90. The molecule has 0 atom stereocenters. The topological polar surface area (TPSA) is 67.6 Å². The number of hydrogen-bond donors (Lipinski definition) is 2. The lowest BCUT2D eigenvalue weighted by atomic mass is 10.0. The molecule has 0 unspecified atom stereocenters. The molecule has 3 N–H and O–H groups in total. The number of nitrogens with one attached hydrogen (secondary N) is 1. The lowest BCUT2D eigenvalue weighted by Gasteiger charge is -2.07. The van der Waals surface area contributed by atoms with Gasteiger partial charge in [-0.05, 0) is 24.6 Å². The van der Waals surface area contributed by atoms with Crippen LogP contribution in [0.5, 0.6) is 0 Å². The number of nitrogens with two attached hydrogens (primary N) is 1. The number of aryl methyl sites for hydroxylation is 1. The Kier molecular flexibility index (Phi) is 3.28. The van der Waals surface area contributed by atoms with Crippen LogP contribution in [0.4, 0.5) is 5.82 Å². The molecule has 0 fully saturated rings. The van der Waals surface area contributed by atoms with Crippen LogP contribution in [0.2, 0.25) is 0 Å². The number of H-pyrrole nitrogens is 1. The molecule has 0 saturated carbocycles. The molecule has 3 aromatic rings. The van der Waals surface area contributed by atoms with Crippen LogP contribution in [0, 0.1) is 6.92 Å². The van der Waals surface area contributed by atoms with Crippen molar-refractivity contribution in [1.82, 2.24) is 15.2 Å². The highest BCUT2D eigenvalue weighted by Crippen LogP contribution is 2.38. The van der Waals surface area contributed by atoms with Crippen LogP contribution >= 0.6 is 15.9 Å². The van der Waals surface area contributed by atoms with Crippen LogP contribution in [0.1, 0.15) is 5.56 Å². The number of rotatable bonds is 2. The number of anilines is 1. The molecule has 0 aliphatic carbocycles. The Morgan fingerprint density at radius 3 is 2.75 bits per heavy atom. The van der Waals surface area contributed by atoms with Crippen molar-refractivity contribution < 1.29 is 0 Å². The first-order valence-electron chi connectivity index (χ1n) is 6.17. The average Bonchev–Trinajstić information content (AvgIpc) is 2.81. The van der Waals surface area contributed by atoms with Gasteiger partial charge in [0.05, 0.1) is 11.3 Å². The molecule has 1 aromatic carbocycles. The maximum Gasteiger partial charge on any atom is 0.153 e. The molecule has 2 aromatic heterocycles. The summed E-state index contributed by atoms with van der Waals surface area (Å²) >= 11 is 3.56. The van der Waals surface area contributed by atoms with E-state index in [0.717, 1.165) is 32.4 Å². The van der Waals surface area contributed by atoms with Crippen LogP contribution < -0.4 is 5.73 Å². The van der Waals surface area contributed by atoms with Crippen LogP contribution in [-0.4, -0.2) is 15.2 Å². The number of aromatic nitrogens is 3. The van der Waals surface area contributed by atoms with Crippen LogP contribution in [0.25, 0.3) is 22.4 Å². The van der Waals surface area contributed by atoms with Gasteiger partial charge in [-0.25, -0.2) is 0 Å². The van der Waals surface area contributed by atoms with Crippen molar-refractivity contribution >= 4 is 21.7 Å². The van der Waals surface area contributed by atoms with E-state index in [4.69, 9.17) is 5.73 Å². The van der Waals surface area contributed by atoms with Crippen LogP contribution in [-0.2, 0) is 0 Å². The fraction of sp³-hybridized carbons (Fsp3) is 0.0667. The van der Waals surface area contributed by atoms with Gasteiger partial charge in [-0.1, -0.05) is 34.1 Å². The molecule has 0 saturated heterocycles. The second kappa shape index (κ2) is 5.09. The third-order valence-corrected chi connectivity index (χ3v) is 3.79. The van der Waals surface area contributed by atoms with E-state index < -0.39 is 0 Å². The number of halogens is 1. The summed E-state index contributed by atoms with van der Waals surface area (Å²) < 4.78 is 0.981. The van der Waals surface area contributed by atoms with Crippen LogP contribution in [0.15, 0.2) is 47.2 Å². The van der Waals surface area contributed by atoms with E-state index in [-0.39, 0.29) is 0 Å². The van der Waals surface area contributed by atoms with Crippen molar-refractivity contribution in [3.8, 4) is 22.4 Å². The molecular weight excluding hydrogens is 316 g/mol. The molecule has 0 bridgehead atoms. The third kappa shape index (κ3) is 2.20. The zero-order valence-corrected chi connectivity index (χ0v) is 12.5. The van der Waals surface area contributed by atoms with Crippen molar-refractivity contribution in [1.29, 1.82) is 0 Å². The molecular formula is C15H13BrN4. The second-order valence-electron chi connectivity index (χ2n) is 4.59. The number of nitrogen functional groups attached to an aromatic ring is 1. The Bertz CT molecular complexity index is 764. The fourth-order valence-electron chi connectivity index (χ4n) is 2.19. The predicted octanol–water partition coefficient (Wildman–Crippen LogP) is 3.79. The SMILES string of the molecule is Cc1cncc(-c2[nH]nc(N)c2-c2ccccc2Br)c1. The summed E-state index contributed by atoms with van der Waals surface area (Å²) in [5.41, 5.74) is 10.9. The van der Waals surface area contributed by atoms with Crippen LogP contribution in [0.3, 0.4) is 0 Å². The van der Waals surface area contributed by atoms with Gasteiger partial charge in [0.25, 0.3) is 0 Å². The highest BCUT2D eigenvalue weighted by molar-refractivity contribution is 9.10. The summed E-state index contributed by atoms with van der Waals surface area (Å²) in [4.78, 5) is 4.23. The minimum atomic E-state index is 0.480. The number of aromatic amines is 1. The van der Waals surface area contributed by atoms with Crippen molar-refractivity contribution in [2.75, 3.05) is 5.73 Å². The third-order valence-electron chi connectivity index (χ3n) is 3.10. The van der Waals surface area contributed by atoms with Gasteiger partial charge in [0.15, 0.2) is 5.82 Å². The van der Waals surface area contributed by atoms with E-state index in [1.54, 1.807) is 6.20 Å². The molecule has 100 valence electrons. The Hall–Kier alpha value is -2.14. The summed E-state index contributed by atoms with van der Waals surface area (Å²) in [5.74, 6) is 0.480. The monoisotopic (exact) mass is 328 g/mol. The Balaban J connectivity index is 2.23. The Morgan fingerprint density at radius 1 is 1.20 bits per heavy atom. The summed E-state index contributed by atoms with van der Waals surface area (Å²) in [6.45, 7) is 2.01. The van der Waals surface area contributed by atoms with Crippen molar-refractivity contribution in [2.24, 2.45) is 0 Å². The summed E-state index contributed by atoms with van der Waals surface area (Å²) in [5, 5.41) is 7.15. The van der Waals surface area contributed by atoms with Crippen molar-refractivity contribution in [3.63, 3.8) is 0 Å². The standard InChI is InChI=1S/C15H13BrN4/c1-9-6-10(8-18-7-9)14-13(15(17)20-19-14)11-4-2-3-5-12(11)16/h2-8H,1H3,(H3,17,19,20). The number of hydrogen-bond acceptors (Lipinski definition) is 3. The van der Waals surface area contributed by atoms with E-state index in [2.05, 4.69) is 37.2 Å². The van der Waals surface area contributed by atoms with Gasteiger partial charge in [0.1, 0.15) is 0 Å². The molecule has 0 aliphatic heterocycles. The normalized spacial score (nSPS) is 10.7. The molecule has 4 nitrogen and oxygen atoms in total. The maximum absolute atomic E-state index is 6.03. The molecule has 20 heavy (non-hydrogen) atoms. The van der Waals surface area contributed by atoms with E-state index >= 15 is 0 Å². The quantitative estimate of drug-likeness (QED) is 0.752. The minimum absolute atomic E-state index is 0.480.